The van der Waals surface area contributed by atoms with E-state index in [-0.39, 0.29) is 36.2 Å². The predicted octanol–water partition coefficient (Wildman–Crippen LogP) is 0.164. The Labute approximate surface area is 96.7 Å². The van der Waals surface area contributed by atoms with Gasteiger partial charge in [0, 0.05) is 6.61 Å². The minimum atomic E-state index is 0. The summed E-state index contributed by atoms with van der Waals surface area (Å²) in [5.41, 5.74) is 0. The van der Waals surface area contributed by atoms with E-state index in [0.717, 1.165) is 19.4 Å². The molecule has 0 aromatic heterocycles. The molecule has 0 heterocycles. The van der Waals surface area contributed by atoms with Crippen molar-refractivity contribution >= 4 is 29.6 Å². The molecule has 70 valence electrons. The molecule has 0 aliphatic heterocycles. The van der Waals surface area contributed by atoms with Gasteiger partial charge in [0.1, 0.15) is 0 Å². The van der Waals surface area contributed by atoms with E-state index in [1.54, 1.807) is 0 Å². The van der Waals surface area contributed by atoms with Crippen LogP contribution in [-0.4, -0.2) is 67.7 Å². The molecule has 0 unspecified atom stereocenters. The molecule has 0 bridgehead atoms. The Morgan fingerprint density at radius 1 is 1.00 bits per heavy atom. The van der Waals surface area contributed by atoms with E-state index >= 15 is 0 Å². The van der Waals surface area contributed by atoms with E-state index in [1.807, 2.05) is 0 Å². The van der Waals surface area contributed by atoms with Crippen molar-refractivity contribution in [3.8, 4) is 0 Å². The van der Waals surface area contributed by atoms with Crippen molar-refractivity contribution in [2.75, 3.05) is 33.0 Å². The molecule has 0 amide bonds. The molecule has 0 rings (SSSR count). The fourth-order valence-corrected chi connectivity index (χ4v) is 0.633. The van der Waals surface area contributed by atoms with Crippen molar-refractivity contribution in [1.29, 1.82) is 0 Å². The first-order chi connectivity index (χ1) is 5.41. The second kappa shape index (κ2) is 14.4. The third-order valence-electron chi connectivity index (χ3n) is 1.25. The molecule has 12 heavy (non-hydrogen) atoms. The topological polar surface area (TPSA) is 38.7 Å². The van der Waals surface area contributed by atoms with Crippen molar-refractivity contribution in [2.24, 2.45) is 0 Å². The van der Waals surface area contributed by atoms with Gasteiger partial charge >= 0.3 is 29.6 Å². The third-order valence-corrected chi connectivity index (χ3v) is 1.25. The van der Waals surface area contributed by atoms with Crippen LogP contribution >= 0.6 is 0 Å². The van der Waals surface area contributed by atoms with Crippen LogP contribution in [0.4, 0.5) is 0 Å². The van der Waals surface area contributed by atoms with E-state index in [1.165, 1.54) is 0 Å². The van der Waals surface area contributed by atoms with Gasteiger partial charge in [0.05, 0.1) is 26.4 Å². The van der Waals surface area contributed by atoms with Gasteiger partial charge in [-0.2, -0.15) is 0 Å². The molecule has 0 saturated heterocycles. The first-order valence-electron chi connectivity index (χ1n) is 4.18. The summed E-state index contributed by atoms with van der Waals surface area (Å²) >= 11 is 0. The summed E-state index contributed by atoms with van der Waals surface area (Å²) in [5, 5.41) is 8.34. The van der Waals surface area contributed by atoms with Crippen molar-refractivity contribution in [3.05, 3.63) is 0 Å². The number of hydrogen-bond acceptors (Lipinski definition) is 3. The molecule has 0 radical (unpaired) electrons. The van der Waals surface area contributed by atoms with Crippen molar-refractivity contribution in [2.45, 2.75) is 19.8 Å². The SMILES string of the molecule is CCCCOCCOCCO.[NaH]. The van der Waals surface area contributed by atoms with E-state index in [9.17, 15) is 0 Å². The van der Waals surface area contributed by atoms with Crippen LogP contribution < -0.4 is 0 Å². The van der Waals surface area contributed by atoms with Gasteiger partial charge in [-0.15, -0.1) is 0 Å². The summed E-state index contributed by atoms with van der Waals surface area (Å²) in [7, 11) is 0. The second-order valence-corrected chi connectivity index (χ2v) is 2.30. The standard InChI is InChI=1S/C8H18O3.Na.H/c1-2-3-5-10-7-8-11-6-4-9;;/h9H,2-8H2,1H3;;. The van der Waals surface area contributed by atoms with Gasteiger partial charge in [-0.25, -0.2) is 0 Å². The zero-order valence-electron chi connectivity index (χ0n) is 7.21. The van der Waals surface area contributed by atoms with E-state index in [4.69, 9.17) is 14.6 Å². The van der Waals surface area contributed by atoms with E-state index in [0.29, 0.717) is 19.8 Å². The van der Waals surface area contributed by atoms with Crippen LogP contribution in [0, 0.1) is 0 Å². The Bertz CT molecular complexity index is 63.3. The van der Waals surface area contributed by atoms with Crippen molar-refractivity contribution in [1.82, 2.24) is 0 Å². The molecule has 0 fully saturated rings. The number of ether oxygens (including phenoxy) is 2. The molecule has 0 aliphatic carbocycles. The number of rotatable bonds is 8. The molecule has 4 heteroatoms. The molecule has 0 saturated carbocycles. The van der Waals surface area contributed by atoms with Gasteiger partial charge in [0.25, 0.3) is 0 Å². The van der Waals surface area contributed by atoms with Crippen molar-refractivity contribution < 1.29 is 14.6 Å². The number of aliphatic hydroxyl groups is 1. The normalized spacial score (nSPS) is 9.50. The fraction of sp³-hybridized carbons (Fsp3) is 1.00. The zero-order valence-corrected chi connectivity index (χ0v) is 7.21. The maximum absolute atomic E-state index is 8.34. The van der Waals surface area contributed by atoms with Gasteiger partial charge in [-0.05, 0) is 6.42 Å². The van der Waals surface area contributed by atoms with E-state index in [2.05, 4.69) is 6.92 Å². The summed E-state index contributed by atoms with van der Waals surface area (Å²) in [6.07, 6.45) is 2.28. The van der Waals surface area contributed by atoms with E-state index < -0.39 is 0 Å². The number of unbranched alkanes of at least 4 members (excludes halogenated alkanes) is 1. The van der Waals surface area contributed by atoms with Crippen LogP contribution in [0.25, 0.3) is 0 Å². The molecular formula is C8H19NaO3. The van der Waals surface area contributed by atoms with Crippen LogP contribution in [0.15, 0.2) is 0 Å². The van der Waals surface area contributed by atoms with Gasteiger partial charge in [-0.1, -0.05) is 13.3 Å². The molecule has 0 spiro atoms. The van der Waals surface area contributed by atoms with Crippen LogP contribution in [0.1, 0.15) is 19.8 Å². The van der Waals surface area contributed by atoms with Crippen LogP contribution in [0.2, 0.25) is 0 Å². The fourth-order valence-electron chi connectivity index (χ4n) is 0.633. The number of aliphatic hydroxyl groups excluding tert-OH is 1. The van der Waals surface area contributed by atoms with Crippen molar-refractivity contribution in [3.63, 3.8) is 0 Å². The Balaban J connectivity index is 0. The minimum absolute atomic E-state index is 0. The molecule has 3 nitrogen and oxygen atoms in total. The average Bonchev–Trinajstić information content (AvgIpc) is 2.03. The molecule has 0 atom stereocenters. The zero-order chi connectivity index (χ0) is 8.36. The molecule has 0 aromatic carbocycles. The Morgan fingerprint density at radius 2 is 1.58 bits per heavy atom. The van der Waals surface area contributed by atoms with Gasteiger partial charge in [0.2, 0.25) is 0 Å². The second-order valence-electron chi connectivity index (χ2n) is 2.30. The monoisotopic (exact) mass is 186 g/mol. The molecule has 1 N–H and O–H groups in total. The quantitative estimate of drug-likeness (QED) is 0.433. The van der Waals surface area contributed by atoms with Crippen LogP contribution in [0.3, 0.4) is 0 Å². The Kier molecular flexibility index (Phi) is 18.4. The summed E-state index contributed by atoms with van der Waals surface area (Å²) in [4.78, 5) is 0. The summed E-state index contributed by atoms with van der Waals surface area (Å²) < 4.78 is 10.2. The average molecular weight is 186 g/mol. The molecule has 0 aromatic rings. The maximum atomic E-state index is 8.34. The summed E-state index contributed by atoms with van der Waals surface area (Å²) in [5.74, 6) is 0. The molecule has 0 aliphatic rings. The first kappa shape index (κ1) is 15.4. The predicted molar refractivity (Wildman–Crippen MR) is 50.8 cm³/mol. The summed E-state index contributed by atoms with van der Waals surface area (Å²) in [6.45, 7) is 4.68. The first-order valence-corrected chi connectivity index (χ1v) is 4.18. The molecular weight excluding hydrogens is 167 g/mol. The van der Waals surface area contributed by atoms with Crippen LogP contribution in [-0.2, 0) is 9.47 Å². The van der Waals surface area contributed by atoms with Gasteiger partial charge in [0.15, 0.2) is 0 Å². The van der Waals surface area contributed by atoms with Crippen LogP contribution in [0.5, 0.6) is 0 Å². The number of hydrogen-bond donors (Lipinski definition) is 1. The van der Waals surface area contributed by atoms with Gasteiger partial charge in [-0.3, -0.25) is 0 Å². The Morgan fingerprint density at radius 3 is 2.08 bits per heavy atom. The summed E-state index contributed by atoms with van der Waals surface area (Å²) in [6, 6.07) is 0. The third kappa shape index (κ3) is 13.5. The Hall–Kier alpha value is 0.880. The van der Waals surface area contributed by atoms with Gasteiger partial charge < -0.3 is 14.6 Å².